The molecule has 96 valence electrons. The van der Waals surface area contributed by atoms with Gasteiger partial charge in [-0.15, -0.1) is 0 Å². The van der Waals surface area contributed by atoms with Crippen LogP contribution in [-0.2, 0) is 5.60 Å². The third-order valence-electron chi connectivity index (χ3n) is 5.86. The van der Waals surface area contributed by atoms with Crippen LogP contribution in [0.5, 0.6) is 0 Å². The van der Waals surface area contributed by atoms with Crippen LogP contribution in [0, 0.1) is 23.7 Å². The third kappa shape index (κ3) is 1.42. The minimum absolute atomic E-state index is 0.492. The van der Waals surface area contributed by atoms with Crippen molar-refractivity contribution < 1.29 is 5.11 Å². The molecule has 0 aromatic heterocycles. The lowest BCUT2D eigenvalue weighted by molar-refractivity contribution is -0.179. The van der Waals surface area contributed by atoms with E-state index in [1.54, 1.807) is 0 Å². The number of aliphatic hydroxyl groups is 1. The first-order chi connectivity index (χ1) is 8.66. The van der Waals surface area contributed by atoms with E-state index in [1.807, 2.05) is 0 Å². The van der Waals surface area contributed by atoms with Gasteiger partial charge in [0.25, 0.3) is 0 Å². The van der Waals surface area contributed by atoms with Crippen molar-refractivity contribution in [2.75, 3.05) is 0 Å². The molecule has 1 aromatic rings. The average Bonchev–Trinajstić information content (AvgIpc) is 2.35. The van der Waals surface area contributed by atoms with E-state index in [9.17, 15) is 5.11 Å². The smallest absolute Gasteiger partial charge is 0.0952 e. The van der Waals surface area contributed by atoms with Crippen LogP contribution < -0.4 is 5.19 Å². The molecule has 0 amide bonds. The maximum Gasteiger partial charge on any atom is 0.0952 e. The third-order valence-corrected chi connectivity index (χ3v) is 6.49. The highest BCUT2D eigenvalue weighted by atomic mass is 28.1. The van der Waals surface area contributed by atoms with Crippen LogP contribution in [0.4, 0.5) is 0 Å². The Labute approximate surface area is 112 Å². The van der Waals surface area contributed by atoms with E-state index in [1.165, 1.54) is 42.9 Å². The second-order valence-electron chi connectivity index (χ2n) is 7.00. The van der Waals surface area contributed by atoms with Gasteiger partial charge in [0.05, 0.1) is 5.60 Å². The Kier molecular flexibility index (Phi) is 2.31. The Morgan fingerprint density at radius 1 is 1.00 bits per heavy atom. The largest absolute Gasteiger partial charge is 0.385 e. The van der Waals surface area contributed by atoms with Crippen LogP contribution in [0.15, 0.2) is 24.3 Å². The molecule has 5 rings (SSSR count). The normalized spacial score (nSPS) is 45.6. The van der Waals surface area contributed by atoms with Gasteiger partial charge in [0.1, 0.15) is 0 Å². The summed E-state index contributed by atoms with van der Waals surface area (Å²) in [5.41, 5.74) is 0.734. The van der Waals surface area contributed by atoms with Gasteiger partial charge in [0.15, 0.2) is 0 Å². The standard InChI is InChI=1S/C16H22OSi/c17-16(12-2-1-3-15(18)9-12)13-5-10-4-11(7-13)8-14(16)6-10/h1-3,9-11,13-14,17H,4-8H2,18H3. The van der Waals surface area contributed by atoms with E-state index in [0.29, 0.717) is 11.8 Å². The predicted octanol–water partition coefficient (Wildman–Crippen LogP) is 1.32. The molecule has 0 unspecified atom stereocenters. The molecule has 1 nitrogen and oxygen atoms in total. The molecule has 0 radical (unpaired) electrons. The van der Waals surface area contributed by atoms with Crippen molar-refractivity contribution in [3.63, 3.8) is 0 Å². The van der Waals surface area contributed by atoms with Crippen molar-refractivity contribution in [3.8, 4) is 0 Å². The number of benzene rings is 1. The first-order valence-corrected chi connectivity index (χ1v) is 8.45. The maximum atomic E-state index is 11.4. The van der Waals surface area contributed by atoms with E-state index >= 15 is 0 Å². The van der Waals surface area contributed by atoms with Crippen LogP contribution in [0.25, 0.3) is 0 Å². The van der Waals surface area contributed by atoms with Crippen LogP contribution in [0.2, 0.25) is 0 Å². The van der Waals surface area contributed by atoms with Gasteiger partial charge in [-0.3, -0.25) is 0 Å². The zero-order chi connectivity index (χ0) is 12.3. The van der Waals surface area contributed by atoms with Gasteiger partial charge in [-0.25, -0.2) is 0 Å². The summed E-state index contributed by atoms with van der Waals surface area (Å²) in [5.74, 6) is 2.92. The van der Waals surface area contributed by atoms with Gasteiger partial charge < -0.3 is 5.11 Å². The Hall–Kier alpha value is -0.603. The fourth-order valence-corrected chi connectivity index (χ4v) is 5.77. The van der Waals surface area contributed by atoms with Gasteiger partial charge in [-0.05, 0) is 61.3 Å². The van der Waals surface area contributed by atoms with Gasteiger partial charge in [-0.2, -0.15) is 0 Å². The Morgan fingerprint density at radius 3 is 2.17 bits per heavy atom. The van der Waals surface area contributed by atoms with Gasteiger partial charge >= 0.3 is 0 Å². The second-order valence-corrected chi connectivity index (χ2v) is 8.15. The van der Waals surface area contributed by atoms with E-state index in [-0.39, 0.29) is 0 Å². The summed E-state index contributed by atoms with van der Waals surface area (Å²) < 4.78 is 0. The zero-order valence-corrected chi connectivity index (χ0v) is 13.1. The SMILES string of the molecule is OC1(c2cccc([SiH3])c2)C2CC3CC(C2)CC1C3. The lowest BCUT2D eigenvalue weighted by atomic mass is 9.48. The van der Waals surface area contributed by atoms with Crippen molar-refractivity contribution in [1.29, 1.82) is 0 Å². The monoisotopic (exact) mass is 258 g/mol. The van der Waals surface area contributed by atoms with Crippen LogP contribution in [0.3, 0.4) is 0 Å². The lowest BCUT2D eigenvalue weighted by Gasteiger charge is -2.59. The molecule has 4 aliphatic carbocycles. The first-order valence-electron chi connectivity index (χ1n) is 7.45. The molecule has 1 N–H and O–H groups in total. The molecule has 4 aliphatic rings. The average molecular weight is 258 g/mol. The number of rotatable bonds is 1. The predicted molar refractivity (Wildman–Crippen MR) is 77.0 cm³/mol. The molecule has 18 heavy (non-hydrogen) atoms. The zero-order valence-electron chi connectivity index (χ0n) is 11.1. The molecule has 2 heteroatoms. The highest BCUT2D eigenvalue weighted by molar-refractivity contribution is 6.32. The summed E-state index contributed by atoms with van der Waals surface area (Å²) in [5, 5.41) is 12.8. The van der Waals surface area contributed by atoms with E-state index < -0.39 is 5.60 Å². The van der Waals surface area contributed by atoms with E-state index in [2.05, 4.69) is 24.3 Å². The van der Waals surface area contributed by atoms with Crippen molar-refractivity contribution in [3.05, 3.63) is 29.8 Å². The molecule has 1 aromatic carbocycles. The van der Waals surface area contributed by atoms with E-state index in [0.717, 1.165) is 22.1 Å². The maximum absolute atomic E-state index is 11.4. The Balaban J connectivity index is 1.78. The first kappa shape index (κ1) is 11.2. The number of hydrogen-bond acceptors (Lipinski definition) is 1. The van der Waals surface area contributed by atoms with Crippen molar-refractivity contribution in [2.24, 2.45) is 23.7 Å². The minimum Gasteiger partial charge on any atom is -0.385 e. The quantitative estimate of drug-likeness (QED) is 0.753. The highest BCUT2D eigenvalue weighted by Crippen LogP contribution is 2.61. The molecule has 4 fully saturated rings. The molecule has 0 atom stereocenters. The van der Waals surface area contributed by atoms with Crippen LogP contribution >= 0.6 is 0 Å². The summed E-state index contributed by atoms with van der Waals surface area (Å²) >= 11 is 0. The van der Waals surface area contributed by atoms with Crippen molar-refractivity contribution >= 4 is 15.4 Å². The molecule has 4 bridgehead atoms. The summed E-state index contributed by atoms with van der Waals surface area (Å²) in [4.78, 5) is 0. The second kappa shape index (κ2) is 3.70. The summed E-state index contributed by atoms with van der Waals surface area (Å²) in [7, 11) is 1.08. The molecule has 0 heterocycles. The Morgan fingerprint density at radius 2 is 1.61 bits per heavy atom. The fourth-order valence-electron chi connectivity index (χ4n) is 5.27. The molecular weight excluding hydrogens is 236 g/mol. The van der Waals surface area contributed by atoms with Crippen LogP contribution in [-0.4, -0.2) is 15.3 Å². The van der Waals surface area contributed by atoms with E-state index in [4.69, 9.17) is 0 Å². The van der Waals surface area contributed by atoms with Gasteiger partial charge in [0, 0.05) is 10.2 Å². The summed E-state index contributed by atoms with van der Waals surface area (Å²) in [6.45, 7) is 0. The minimum atomic E-state index is -0.492. The molecule has 0 spiro atoms. The van der Waals surface area contributed by atoms with Crippen molar-refractivity contribution in [1.82, 2.24) is 0 Å². The topological polar surface area (TPSA) is 20.2 Å². The van der Waals surface area contributed by atoms with Crippen molar-refractivity contribution in [2.45, 2.75) is 37.7 Å². The molecular formula is C16H22OSi. The van der Waals surface area contributed by atoms with Gasteiger partial charge in [0.2, 0.25) is 0 Å². The lowest BCUT2D eigenvalue weighted by Crippen LogP contribution is -2.55. The molecule has 0 aliphatic heterocycles. The summed E-state index contributed by atoms with van der Waals surface area (Å²) in [6, 6.07) is 8.77. The number of hydrogen-bond donors (Lipinski definition) is 1. The van der Waals surface area contributed by atoms with Crippen LogP contribution in [0.1, 0.15) is 37.7 Å². The molecule has 0 saturated heterocycles. The fraction of sp³-hybridized carbons (Fsp3) is 0.625. The summed E-state index contributed by atoms with van der Waals surface area (Å²) in [6.07, 6.45) is 6.54. The van der Waals surface area contributed by atoms with Gasteiger partial charge in [-0.1, -0.05) is 29.5 Å². The molecule has 4 saturated carbocycles. The highest BCUT2D eigenvalue weighted by Gasteiger charge is 2.57. The Bertz CT molecular complexity index is 454.